The topological polar surface area (TPSA) is 24.1 Å². The van der Waals surface area contributed by atoms with Gasteiger partial charge in [-0.25, -0.2) is 0 Å². The monoisotopic (exact) mass is 378 g/mol. The fourth-order valence-electron chi connectivity index (χ4n) is 7.17. The van der Waals surface area contributed by atoms with Gasteiger partial charge in [0.1, 0.15) is 0 Å². The summed E-state index contributed by atoms with van der Waals surface area (Å²) in [4.78, 5) is 0. The summed E-state index contributed by atoms with van der Waals surface area (Å²) in [5.41, 5.74) is 1.14. The Kier molecular flexibility index (Phi) is 7.17. The van der Waals surface area contributed by atoms with Gasteiger partial charge in [-0.15, -0.1) is 0 Å². The van der Waals surface area contributed by atoms with E-state index in [4.69, 9.17) is 0 Å². The Hall–Kier alpha value is -0.0800. The number of nitrogens with one attached hydrogen (secondary N) is 2. The van der Waals surface area contributed by atoms with E-state index in [2.05, 4.69) is 72.9 Å². The molecule has 2 aliphatic rings. The average molecular weight is 379 g/mol. The molecule has 0 aromatic heterocycles. The van der Waals surface area contributed by atoms with Crippen LogP contribution in [0.2, 0.25) is 0 Å². The predicted octanol–water partition coefficient (Wildman–Crippen LogP) is 6.69. The minimum atomic E-state index is 0.284. The molecule has 2 fully saturated rings. The third kappa shape index (κ3) is 7.69. The quantitative estimate of drug-likeness (QED) is 0.516. The van der Waals surface area contributed by atoms with Crippen LogP contribution in [0.25, 0.3) is 0 Å². The molecule has 160 valence electrons. The molecule has 0 aromatic rings. The van der Waals surface area contributed by atoms with Crippen LogP contribution in [-0.4, -0.2) is 22.2 Å². The molecule has 0 radical (unpaired) electrons. The van der Waals surface area contributed by atoms with Crippen LogP contribution in [0.1, 0.15) is 120 Å². The molecule has 1 atom stereocenters. The SMILES string of the molecule is CCCC(CCC1CC(C)(C)NC(C)(C)C1)CC1CC(C)(C)NC(C)(C)C1. The highest BCUT2D eigenvalue weighted by Gasteiger charge is 2.39. The van der Waals surface area contributed by atoms with Gasteiger partial charge in [-0.2, -0.15) is 0 Å². The molecular formula is C25H50N2. The summed E-state index contributed by atoms with van der Waals surface area (Å²) in [5, 5.41) is 7.71. The van der Waals surface area contributed by atoms with Gasteiger partial charge in [0, 0.05) is 22.2 Å². The maximum Gasteiger partial charge on any atom is 0.0132 e. The summed E-state index contributed by atoms with van der Waals surface area (Å²) in [6.07, 6.45) is 12.4. The molecule has 2 heteroatoms. The molecule has 2 saturated heterocycles. The highest BCUT2D eigenvalue weighted by Crippen LogP contribution is 2.40. The molecule has 27 heavy (non-hydrogen) atoms. The first kappa shape index (κ1) is 23.2. The maximum absolute atomic E-state index is 3.86. The molecule has 0 amide bonds. The van der Waals surface area contributed by atoms with Crippen LogP contribution >= 0.6 is 0 Å². The number of piperidine rings is 2. The van der Waals surface area contributed by atoms with Crippen LogP contribution in [0.3, 0.4) is 0 Å². The zero-order valence-corrected chi connectivity index (χ0v) is 20.1. The van der Waals surface area contributed by atoms with E-state index in [1.807, 2.05) is 0 Å². The Labute approximate surface area is 171 Å². The normalized spacial score (nSPS) is 28.8. The summed E-state index contributed by atoms with van der Waals surface area (Å²) in [6, 6.07) is 0. The summed E-state index contributed by atoms with van der Waals surface area (Å²) in [5.74, 6) is 2.69. The van der Waals surface area contributed by atoms with Crippen LogP contribution in [-0.2, 0) is 0 Å². The van der Waals surface area contributed by atoms with Crippen molar-refractivity contribution < 1.29 is 0 Å². The third-order valence-electron chi connectivity index (χ3n) is 6.90. The second-order valence-electron chi connectivity index (χ2n) is 12.8. The standard InChI is InChI=1S/C25H50N2/c1-10-11-19(14-21-17-24(6,7)27-25(8,9)18-21)12-13-20-15-22(2,3)26-23(4,5)16-20/h19-21,26-27H,10-18H2,1-9H3. The average Bonchev–Trinajstić information content (AvgIpc) is 2.38. The van der Waals surface area contributed by atoms with E-state index in [1.165, 1.54) is 57.8 Å². The number of hydrogen-bond donors (Lipinski definition) is 2. The smallest absolute Gasteiger partial charge is 0.0132 e. The maximum atomic E-state index is 3.86. The second-order valence-corrected chi connectivity index (χ2v) is 12.8. The van der Waals surface area contributed by atoms with Crippen molar-refractivity contribution >= 4 is 0 Å². The van der Waals surface area contributed by atoms with E-state index in [0.29, 0.717) is 0 Å². The van der Waals surface area contributed by atoms with Crippen LogP contribution in [0, 0.1) is 17.8 Å². The van der Waals surface area contributed by atoms with Crippen molar-refractivity contribution in [3.05, 3.63) is 0 Å². The highest BCUT2D eigenvalue weighted by molar-refractivity contribution is 4.98. The summed E-state index contributed by atoms with van der Waals surface area (Å²) in [7, 11) is 0. The molecule has 2 aliphatic heterocycles. The Bertz CT molecular complexity index is 443. The molecule has 2 rings (SSSR count). The van der Waals surface area contributed by atoms with Crippen molar-refractivity contribution in [1.29, 1.82) is 0 Å². The molecule has 0 bridgehead atoms. The molecule has 2 heterocycles. The lowest BCUT2D eigenvalue weighted by Gasteiger charge is -2.48. The molecule has 0 aliphatic carbocycles. The van der Waals surface area contributed by atoms with Gasteiger partial charge in [-0.3, -0.25) is 0 Å². The molecule has 0 spiro atoms. The molecule has 2 N–H and O–H groups in total. The second kappa shape index (κ2) is 8.34. The highest BCUT2D eigenvalue weighted by atomic mass is 15.1. The first-order valence-electron chi connectivity index (χ1n) is 11.8. The fourth-order valence-corrected chi connectivity index (χ4v) is 7.17. The van der Waals surface area contributed by atoms with Crippen LogP contribution in [0.4, 0.5) is 0 Å². The molecule has 1 unspecified atom stereocenters. The van der Waals surface area contributed by atoms with Gasteiger partial charge >= 0.3 is 0 Å². The van der Waals surface area contributed by atoms with Gasteiger partial charge in [0.05, 0.1) is 0 Å². The Morgan fingerprint density at radius 2 is 1.07 bits per heavy atom. The summed E-state index contributed by atoms with van der Waals surface area (Å²) >= 11 is 0. The lowest BCUT2D eigenvalue weighted by atomic mass is 9.70. The minimum absolute atomic E-state index is 0.284. The van der Waals surface area contributed by atoms with E-state index in [0.717, 1.165) is 17.8 Å². The molecule has 0 saturated carbocycles. The van der Waals surface area contributed by atoms with Gasteiger partial charge in [0.25, 0.3) is 0 Å². The van der Waals surface area contributed by atoms with Crippen molar-refractivity contribution in [2.45, 2.75) is 142 Å². The van der Waals surface area contributed by atoms with Gasteiger partial charge in [-0.1, -0.05) is 32.6 Å². The fraction of sp³-hybridized carbons (Fsp3) is 1.00. The summed E-state index contributed by atoms with van der Waals surface area (Å²) < 4.78 is 0. The van der Waals surface area contributed by atoms with Gasteiger partial charge in [0.15, 0.2) is 0 Å². The van der Waals surface area contributed by atoms with Crippen LogP contribution < -0.4 is 10.6 Å². The minimum Gasteiger partial charge on any atom is -0.307 e. The predicted molar refractivity (Wildman–Crippen MR) is 120 cm³/mol. The lowest BCUT2D eigenvalue weighted by molar-refractivity contribution is 0.0996. The summed E-state index contributed by atoms with van der Waals surface area (Å²) in [6.45, 7) is 21.5. The first-order chi connectivity index (χ1) is 12.2. The van der Waals surface area contributed by atoms with Crippen molar-refractivity contribution in [2.24, 2.45) is 17.8 Å². The van der Waals surface area contributed by atoms with Crippen molar-refractivity contribution in [2.75, 3.05) is 0 Å². The number of hydrogen-bond acceptors (Lipinski definition) is 2. The largest absolute Gasteiger partial charge is 0.307 e. The van der Waals surface area contributed by atoms with Gasteiger partial charge in [0.2, 0.25) is 0 Å². The third-order valence-corrected chi connectivity index (χ3v) is 6.90. The van der Waals surface area contributed by atoms with Crippen LogP contribution in [0.5, 0.6) is 0 Å². The lowest BCUT2D eigenvalue weighted by Crippen LogP contribution is -2.58. The van der Waals surface area contributed by atoms with E-state index >= 15 is 0 Å². The van der Waals surface area contributed by atoms with Crippen molar-refractivity contribution in [3.8, 4) is 0 Å². The van der Waals surface area contributed by atoms with E-state index in [9.17, 15) is 0 Å². The Morgan fingerprint density at radius 3 is 1.48 bits per heavy atom. The molecule has 0 aromatic carbocycles. The molecular weight excluding hydrogens is 328 g/mol. The van der Waals surface area contributed by atoms with Crippen molar-refractivity contribution in [1.82, 2.24) is 10.6 Å². The Morgan fingerprint density at radius 1 is 0.667 bits per heavy atom. The number of rotatable bonds is 7. The molecule has 2 nitrogen and oxygen atoms in total. The zero-order chi connectivity index (χ0) is 20.5. The van der Waals surface area contributed by atoms with E-state index in [-0.39, 0.29) is 22.2 Å². The zero-order valence-electron chi connectivity index (χ0n) is 20.1. The van der Waals surface area contributed by atoms with E-state index < -0.39 is 0 Å². The van der Waals surface area contributed by atoms with Gasteiger partial charge in [-0.05, 0) is 105 Å². The Balaban J connectivity index is 1.93. The van der Waals surface area contributed by atoms with Crippen LogP contribution in [0.15, 0.2) is 0 Å². The van der Waals surface area contributed by atoms with Gasteiger partial charge < -0.3 is 10.6 Å². The first-order valence-corrected chi connectivity index (χ1v) is 11.8. The van der Waals surface area contributed by atoms with Crippen molar-refractivity contribution in [3.63, 3.8) is 0 Å². The van der Waals surface area contributed by atoms with E-state index in [1.54, 1.807) is 0 Å².